The lowest BCUT2D eigenvalue weighted by molar-refractivity contribution is -0.120. The van der Waals surface area contributed by atoms with E-state index in [-0.39, 0.29) is 36.4 Å². The molecule has 22 heavy (non-hydrogen) atoms. The van der Waals surface area contributed by atoms with Crippen molar-refractivity contribution >= 4 is 35.8 Å². The van der Waals surface area contributed by atoms with Crippen molar-refractivity contribution < 1.29 is 4.79 Å². The maximum absolute atomic E-state index is 11.6. The number of aryl methyl sites for hydroxylation is 1. The van der Waals surface area contributed by atoms with Gasteiger partial charge in [-0.15, -0.1) is 24.0 Å². The first-order valence-corrected chi connectivity index (χ1v) is 7.50. The molecule has 0 bridgehead atoms. The molecule has 0 aliphatic carbocycles. The summed E-state index contributed by atoms with van der Waals surface area (Å²) in [6.45, 7) is 8.40. The molecule has 0 aliphatic rings. The SMILES string of the molecule is CCCNC(=O)CNC(=NCc1ccccc1C)NCC.I. The Balaban J connectivity index is 0.00000441. The molecular weight excluding hydrogens is 391 g/mol. The zero-order valence-corrected chi connectivity index (χ0v) is 15.9. The number of rotatable bonds is 7. The number of amides is 1. The number of carbonyl (C=O) groups excluding carboxylic acids is 1. The first-order chi connectivity index (χ1) is 10.2. The molecule has 1 rings (SSSR count). The highest BCUT2D eigenvalue weighted by Crippen LogP contribution is 2.07. The van der Waals surface area contributed by atoms with E-state index in [1.54, 1.807) is 0 Å². The molecule has 1 aromatic carbocycles. The zero-order valence-electron chi connectivity index (χ0n) is 13.6. The van der Waals surface area contributed by atoms with Crippen LogP contribution in [0.3, 0.4) is 0 Å². The lowest BCUT2D eigenvalue weighted by atomic mass is 10.1. The zero-order chi connectivity index (χ0) is 15.5. The van der Waals surface area contributed by atoms with Crippen molar-refractivity contribution in [3.63, 3.8) is 0 Å². The number of nitrogens with one attached hydrogen (secondary N) is 3. The summed E-state index contributed by atoms with van der Waals surface area (Å²) in [5.41, 5.74) is 2.41. The van der Waals surface area contributed by atoms with Crippen LogP contribution in [0.4, 0.5) is 0 Å². The highest BCUT2D eigenvalue weighted by atomic mass is 127. The van der Waals surface area contributed by atoms with Crippen LogP contribution in [0.2, 0.25) is 0 Å². The number of nitrogens with zero attached hydrogens (tertiary/aromatic N) is 1. The predicted molar refractivity (Wildman–Crippen MR) is 103 cm³/mol. The average molecular weight is 418 g/mol. The number of halogens is 1. The quantitative estimate of drug-likeness (QED) is 0.362. The third kappa shape index (κ3) is 8.21. The molecule has 0 spiro atoms. The van der Waals surface area contributed by atoms with Gasteiger partial charge in [0.25, 0.3) is 0 Å². The number of carbonyl (C=O) groups is 1. The van der Waals surface area contributed by atoms with Crippen LogP contribution in [0.1, 0.15) is 31.4 Å². The molecule has 0 aromatic heterocycles. The minimum absolute atomic E-state index is 0. The summed E-state index contributed by atoms with van der Waals surface area (Å²) < 4.78 is 0. The predicted octanol–water partition coefficient (Wildman–Crippen LogP) is 2.19. The topological polar surface area (TPSA) is 65.5 Å². The van der Waals surface area contributed by atoms with Crippen LogP contribution in [0.25, 0.3) is 0 Å². The Labute approximate surface area is 150 Å². The first-order valence-electron chi connectivity index (χ1n) is 7.50. The van der Waals surface area contributed by atoms with Gasteiger partial charge in [0.05, 0.1) is 13.1 Å². The van der Waals surface area contributed by atoms with Crippen LogP contribution >= 0.6 is 24.0 Å². The van der Waals surface area contributed by atoms with Gasteiger partial charge in [-0.2, -0.15) is 0 Å². The molecule has 0 aliphatic heterocycles. The van der Waals surface area contributed by atoms with E-state index in [0.29, 0.717) is 19.0 Å². The van der Waals surface area contributed by atoms with E-state index in [4.69, 9.17) is 0 Å². The van der Waals surface area contributed by atoms with Crippen molar-refractivity contribution in [2.45, 2.75) is 33.7 Å². The summed E-state index contributed by atoms with van der Waals surface area (Å²) in [4.78, 5) is 16.1. The third-order valence-corrected chi connectivity index (χ3v) is 3.00. The van der Waals surface area contributed by atoms with Crippen molar-refractivity contribution in [3.8, 4) is 0 Å². The monoisotopic (exact) mass is 418 g/mol. The maximum Gasteiger partial charge on any atom is 0.239 e. The second-order valence-electron chi connectivity index (χ2n) is 4.83. The Bertz CT molecular complexity index is 477. The van der Waals surface area contributed by atoms with Gasteiger partial charge in [0.15, 0.2) is 5.96 Å². The lowest BCUT2D eigenvalue weighted by Gasteiger charge is -2.11. The molecule has 0 fully saturated rings. The van der Waals surface area contributed by atoms with Gasteiger partial charge in [-0.25, -0.2) is 4.99 Å². The van der Waals surface area contributed by atoms with Crippen LogP contribution in [-0.2, 0) is 11.3 Å². The van der Waals surface area contributed by atoms with Gasteiger partial charge in [-0.05, 0) is 31.4 Å². The molecule has 0 unspecified atom stereocenters. The van der Waals surface area contributed by atoms with Crippen LogP contribution in [-0.4, -0.2) is 31.5 Å². The lowest BCUT2D eigenvalue weighted by Crippen LogP contribution is -2.43. The normalized spacial score (nSPS) is 10.6. The Morgan fingerprint density at radius 2 is 1.86 bits per heavy atom. The van der Waals surface area contributed by atoms with Crippen LogP contribution in [0, 0.1) is 6.92 Å². The van der Waals surface area contributed by atoms with Crippen molar-refractivity contribution in [2.24, 2.45) is 4.99 Å². The summed E-state index contributed by atoms with van der Waals surface area (Å²) in [5, 5.41) is 9.02. The molecular formula is C16H27IN4O. The molecule has 124 valence electrons. The Hall–Kier alpha value is -1.31. The third-order valence-electron chi connectivity index (χ3n) is 3.00. The van der Waals surface area contributed by atoms with Crippen molar-refractivity contribution in [3.05, 3.63) is 35.4 Å². The van der Waals surface area contributed by atoms with E-state index in [9.17, 15) is 4.79 Å². The molecule has 1 aromatic rings. The first kappa shape index (κ1) is 20.7. The fourth-order valence-corrected chi connectivity index (χ4v) is 1.78. The smallest absolute Gasteiger partial charge is 0.239 e. The number of aliphatic imine (C=N–C) groups is 1. The maximum atomic E-state index is 11.6. The number of guanidine groups is 1. The van der Waals surface area contributed by atoms with Gasteiger partial charge >= 0.3 is 0 Å². The molecule has 1 amide bonds. The van der Waals surface area contributed by atoms with Gasteiger partial charge in [0, 0.05) is 13.1 Å². The minimum atomic E-state index is -0.0154. The summed E-state index contributed by atoms with van der Waals surface area (Å²) in [6.07, 6.45) is 0.938. The Morgan fingerprint density at radius 3 is 2.50 bits per heavy atom. The van der Waals surface area contributed by atoms with E-state index in [1.165, 1.54) is 11.1 Å². The van der Waals surface area contributed by atoms with Crippen molar-refractivity contribution in [1.29, 1.82) is 0 Å². The van der Waals surface area contributed by atoms with E-state index in [2.05, 4.69) is 40.0 Å². The van der Waals surface area contributed by atoms with Gasteiger partial charge < -0.3 is 16.0 Å². The molecule has 3 N–H and O–H groups in total. The molecule has 6 heteroatoms. The second kappa shape index (κ2) is 12.3. The van der Waals surface area contributed by atoms with E-state index in [0.717, 1.165) is 13.0 Å². The number of benzene rings is 1. The van der Waals surface area contributed by atoms with E-state index >= 15 is 0 Å². The average Bonchev–Trinajstić information content (AvgIpc) is 2.49. The number of hydrogen-bond donors (Lipinski definition) is 3. The fraction of sp³-hybridized carbons (Fsp3) is 0.500. The molecule has 0 saturated carbocycles. The summed E-state index contributed by atoms with van der Waals surface area (Å²) >= 11 is 0. The molecule has 0 atom stereocenters. The van der Waals surface area contributed by atoms with Gasteiger partial charge in [-0.1, -0.05) is 31.2 Å². The van der Waals surface area contributed by atoms with Gasteiger partial charge in [0.1, 0.15) is 0 Å². The van der Waals surface area contributed by atoms with E-state index < -0.39 is 0 Å². The van der Waals surface area contributed by atoms with Crippen molar-refractivity contribution in [2.75, 3.05) is 19.6 Å². The molecule has 0 radical (unpaired) electrons. The molecule has 0 heterocycles. The van der Waals surface area contributed by atoms with Crippen molar-refractivity contribution in [1.82, 2.24) is 16.0 Å². The fourth-order valence-electron chi connectivity index (χ4n) is 1.78. The minimum Gasteiger partial charge on any atom is -0.357 e. The standard InChI is InChI=1S/C16H26N4O.HI/c1-4-10-18-15(21)12-20-16(17-5-2)19-11-14-9-7-6-8-13(14)3;/h6-9H,4-5,10-12H2,1-3H3,(H,18,21)(H2,17,19,20);1H. The number of hydrogen-bond acceptors (Lipinski definition) is 2. The van der Waals surface area contributed by atoms with Gasteiger partial charge in [0.2, 0.25) is 5.91 Å². The second-order valence-corrected chi connectivity index (χ2v) is 4.83. The molecule has 0 saturated heterocycles. The molecule has 5 nitrogen and oxygen atoms in total. The van der Waals surface area contributed by atoms with Crippen LogP contribution in [0.15, 0.2) is 29.3 Å². The summed E-state index contributed by atoms with van der Waals surface area (Å²) in [6, 6.07) is 8.17. The summed E-state index contributed by atoms with van der Waals surface area (Å²) in [7, 11) is 0. The van der Waals surface area contributed by atoms with Gasteiger partial charge in [-0.3, -0.25) is 4.79 Å². The van der Waals surface area contributed by atoms with Crippen LogP contribution in [0.5, 0.6) is 0 Å². The highest BCUT2D eigenvalue weighted by Gasteiger charge is 2.03. The van der Waals surface area contributed by atoms with Crippen LogP contribution < -0.4 is 16.0 Å². The highest BCUT2D eigenvalue weighted by molar-refractivity contribution is 14.0. The summed E-state index contributed by atoms with van der Waals surface area (Å²) in [5.74, 6) is 0.644. The largest absolute Gasteiger partial charge is 0.357 e. The van der Waals surface area contributed by atoms with E-state index in [1.807, 2.05) is 26.0 Å². The Morgan fingerprint density at radius 1 is 1.14 bits per heavy atom. The Kier molecular flexibility index (Phi) is 11.5.